The van der Waals surface area contributed by atoms with Gasteiger partial charge in [0, 0.05) is 16.4 Å². The summed E-state index contributed by atoms with van der Waals surface area (Å²) in [6.07, 6.45) is 0.252. The number of amides is 1. The largest absolute Gasteiger partial charge is 0.320 e. The van der Waals surface area contributed by atoms with Gasteiger partial charge in [-0.25, -0.2) is 0 Å². The van der Waals surface area contributed by atoms with Gasteiger partial charge in [-0.05, 0) is 5.56 Å². The molecule has 1 aliphatic heterocycles. The minimum atomic E-state index is -1.20. The molecule has 1 fully saturated rings. The molecule has 0 N–H and O–H groups in total. The van der Waals surface area contributed by atoms with Crippen LogP contribution in [0.2, 0.25) is 0 Å². The van der Waals surface area contributed by atoms with E-state index in [0.717, 1.165) is 5.56 Å². The van der Waals surface area contributed by atoms with Crippen LogP contribution in [0.3, 0.4) is 0 Å². The first-order valence-electron chi connectivity index (χ1n) is 7.44. The van der Waals surface area contributed by atoms with Gasteiger partial charge in [-0.1, -0.05) is 60.7 Å². The van der Waals surface area contributed by atoms with Crippen LogP contribution in [0, 0.1) is 0 Å². The summed E-state index contributed by atoms with van der Waals surface area (Å²) >= 11 is 0. The normalized spacial score (nSPS) is 18.3. The molecule has 0 spiro atoms. The van der Waals surface area contributed by atoms with Crippen LogP contribution in [0.5, 0.6) is 0 Å². The Morgan fingerprint density at radius 2 is 1.65 bits per heavy atom. The lowest BCUT2D eigenvalue weighted by Crippen LogP contribution is -2.56. The molecule has 0 aliphatic carbocycles. The molecule has 2 aromatic rings. The lowest BCUT2D eigenvalue weighted by Gasteiger charge is -2.39. The molecule has 4 nitrogen and oxygen atoms in total. The standard InChI is InChI=1S/C18H17NO3S/c20-16(15-9-5-2-6-10-15)12-19-17(21)11-18(19)23(22)13-14-7-3-1-4-8-14/h1-10,18H,11-13H2. The smallest absolute Gasteiger partial charge is 0.227 e. The number of hydrogen-bond acceptors (Lipinski definition) is 3. The topological polar surface area (TPSA) is 54.5 Å². The zero-order chi connectivity index (χ0) is 16.2. The van der Waals surface area contributed by atoms with Crippen molar-refractivity contribution in [1.29, 1.82) is 0 Å². The van der Waals surface area contributed by atoms with Gasteiger partial charge in [0.2, 0.25) is 5.91 Å². The molecule has 1 heterocycles. The molecule has 23 heavy (non-hydrogen) atoms. The molecule has 2 unspecified atom stereocenters. The van der Waals surface area contributed by atoms with E-state index in [9.17, 15) is 13.8 Å². The quantitative estimate of drug-likeness (QED) is 0.605. The van der Waals surface area contributed by atoms with E-state index >= 15 is 0 Å². The zero-order valence-corrected chi connectivity index (χ0v) is 13.4. The number of carbonyl (C=O) groups excluding carboxylic acids is 2. The van der Waals surface area contributed by atoms with Crippen molar-refractivity contribution in [3.8, 4) is 0 Å². The van der Waals surface area contributed by atoms with Gasteiger partial charge in [-0.2, -0.15) is 0 Å². The number of Topliss-reactive ketones (excluding diaryl/α,β-unsaturated/α-hetero) is 1. The van der Waals surface area contributed by atoms with Gasteiger partial charge in [0.15, 0.2) is 5.78 Å². The molecule has 0 aromatic heterocycles. The van der Waals surface area contributed by atoms with Crippen LogP contribution in [0.25, 0.3) is 0 Å². The van der Waals surface area contributed by atoms with Crippen LogP contribution in [-0.2, 0) is 21.3 Å². The van der Waals surface area contributed by atoms with E-state index < -0.39 is 10.8 Å². The van der Waals surface area contributed by atoms with Crippen molar-refractivity contribution in [3.63, 3.8) is 0 Å². The average molecular weight is 327 g/mol. The van der Waals surface area contributed by atoms with Crippen molar-refractivity contribution >= 4 is 22.5 Å². The maximum atomic E-state index is 12.5. The highest BCUT2D eigenvalue weighted by molar-refractivity contribution is 7.85. The number of β-lactam (4-membered cyclic amide) rings is 1. The van der Waals surface area contributed by atoms with E-state index in [1.54, 1.807) is 24.3 Å². The van der Waals surface area contributed by atoms with Gasteiger partial charge >= 0.3 is 0 Å². The maximum absolute atomic E-state index is 12.5. The molecule has 0 saturated carbocycles. The van der Waals surface area contributed by atoms with Crippen molar-refractivity contribution in [3.05, 3.63) is 71.8 Å². The van der Waals surface area contributed by atoms with E-state index in [0.29, 0.717) is 11.3 Å². The Balaban J connectivity index is 1.64. The number of ketones is 1. The van der Waals surface area contributed by atoms with Gasteiger partial charge < -0.3 is 4.90 Å². The van der Waals surface area contributed by atoms with Crippen molar-refractivity contribution in [2.75, 3.05) is 6.54 Å². The average Bonchev–Trinajstić information content (AvgIpc) is 2.58. The fourth-order valence-corrected chi connectivity index (χ4v) is 4.07. The Labute approximate surface area is 137 Å². The summed E-state index contributed by atoms with van der Waals surface area (Å²) in [5.74, 6) is 0.162. The molecule has 1 saturated heterocycles. The summed E-state index contributed by atoms with van der Waals surface area (Å²) in [4.78, 5) is 25.5. The molecular formula is C18H17NO3S. The highest BCUT2D eigenvalue weighted by atomic mass is 32.2. The highest BCUT2D eigenvalue weighted by Gasteiger charge is 2.41. The summed E-state index contributed by atoms with van der Waals surface area (Å²) in [5.41, 5.74) is 1.54. The molecule has 0 radical (unpaired) electrons. The number of nitrogens with zero attached hydrogens (tertiary/aromatic N) is 1. The molecule has 1 amide bonds. The molecule has 2 aromatic carbocycles. The number of likely N-dealkylation sites (tertiary alicyclic amines) is 1. The van der Waals surface area contributed by atoms with Crippen LogP contribution in [0.15, 0.2) is 60.7 Å². The fourth-order valence-electron chi connectivity index (χ4n) is 2.55. The number of benzene rings is 2. The van der Waals surface area contributed by atoms with Crippen LogP contribution in [0.1, 0.15) is 22.3 Å². The van der Waals surface area contributed by atoms with Gasteiger partial charge in [0.25, 0.3) is 0 Å². The van der Waals surface area contributed by atoms with Crippen molar-refractivity contribution in [2.45, 2.75) is 17.5 Å². The fraction of sp³-hybridized carbons (Fsp3) is 0.222. The lowest BCUT2D eigenvalue weighted by atomic mass is 10.1. The number of rotatable bonds is 6. The predicted molar refractivity (Wildman–Crippen MR) is 89.2 cm³/mol. The summed E-state index contributed by atoms with van der Waals surface area (Å²) in [5, 5.41) is -0.365. The molecule has 118 valence electrons. The van der Waals surface area contributed by atoms with E-state index in [-0.39, 0.29) is 30.0 Å². The van der Waals surface area contributed by atoms with Gasteiger partial charge in [-0.15, -0.1) is 0 Å². The minimum Gasteiger partial charge on any atom is -0.320 e. The molecule has 5 heteroatoms. The molecule has 2 atom stereocenters. The van der Waals surface area contributed by atoms with Gasteiger partial charge in [-0.3, -0.25) is 13.8 Å². The second kappa shape index (κ2) is 6.87. The summed E-state index contributed by atoms with van der Waals surface area (Å²) in [7, 11) is -1.20. The third kappa shape index (κ3) is 3.56. The van der Waals surface area contributed by atoms with Crippen LogP contribution in [-0.4, -0.2) is 32.7 Å². The first-order valence-corrected chi connectivity index (χ1v) is 8.82. The predicted octanol–water partition coefficient (Wildman–Crippen LogP) is 2.38. The lowest BCUT2D eigenvalue weighted by molar-refractivity contribution is -0.140. The Morgan fingerprint density at radius 1 is 1.04 bits per heavy atom. The first-order chi connectivity index (χ1) is 11.1. The minimum absolute atomic E-state index is 0.00591. The third-order valence-corrected chi connectivity index (χ3v) is 5.53. The Morgan fingerprint density at radius 3 is 2.26 bits per heavy atom. The summed E-state index contributed by atoms with van der Waals surface area (Å²) < 4.78 is 12.5. The van der Waals surface area contributed by atoms with Gasteiger partial charge in [0.05, 0.1) is 18.7 Å². The Hall–Kier alpha value is -2.27. The monoisotopic (exact) mass is 327 g/mol. The molecular weight excluding hydrogens is 310 g/mol. The Bertz CT molecular complexity index is 730. The van der Waals surface area contributed by atoms with Crippen LogP contribution < -0.4 is 0 Å². The van der Waals surface area contributed by atoms with E-state index in [4.69, 9.17) is 0 Å². The van der Waals surface area contributed by atoms with Crippen LogP contribution >= 0.6 is 0 Å². The Kier molecular flexibility index (Phi) is 4.67. The second-order valence-electron chi connectivity index (χ2n) is 5.48. The van der Waals surface area contributed by atoms with Gasteiger partial charge in [0.1, 0.15) is 5.37 Å². The van der Waals surface area contributed by atoms with Crippen molar-refractivity contribution in [2.24, 2.45) is 0 Å². The maximum Gasteiger partial charge on any atom is 0.227 e. The summed E-state index contributed by atoms with van der Waals surface area (Å²) in [6, 6.07) is 18.4. The van der Waals surface area contributed by atoms with E-state index in [1.807, 2.05) is 36.4 Å². The van der Waals surface area contributed by atoms with Crippen molar-refractivity contribution < 1.29 is 13.8 Å². The second-order valence-corrected chi connectivity index (χ2v) is 7.07. The first kappa shape index (κ1) is 15.6. The number of hydrogen-bond donors (Lipinski definition) is 0. The SMILES string of the molecule is O=C(CN1C(=O)CC1S(=O)Cc1ccccc1)c1ccccc1. The van der Waals surface area contributed by atoms with E-state index in [2.05, 4.69) is 0 Å². The molecule has 0 bridgehead atoms. The third-order valence-electron chi connectivity index (χ3n) is 3.88. The number of carbonyl (C=O) groups is 2. The molecule has 1 aliphatic rings. The molecule has 3 rings (SSSR count). The highest BCUT2D eigenvalue weighted by Crippen LogP contribution is 2.24. The zero-order valence-electron chi connectivity index (χ0n) is 12.6. The summed E-state index contributed by atoms with van der Waals surface area (Å²) in [6.45, 7) is -0.00591. The van der Waals surface area contributed by atoms with E-state index in [1.165, 1.54) is 4.90 Å². The van der Waals surface area contributed by atoms with Crippen molar-refractivity contribution in [1.82, 2.24) is 4.90 Å². The van der Waals surface area contributed by atoms with Crippen LogP contribution in [0.4, 0.5) is 0 Å².